The Hall–Kier alpha value is -2.53. The Balaban J connectivity index is 2.13. The quantitative estimate of drug-likeness (QED) is 0.792. The minimum Gasteiger partial charge on any atom is -0.508 e. The van der Waals surface area contributed by atoms with E-state index in [1.54, 1.807) is 6.07 Å². The van der Waals surface area contributed by atoms with E-state index < -0.39 is 6.04 Å². The van der Waals surface area contributed by atoms with Crippen LogP contribution < -0.4 is 5.32 Å². The van der Waals surface area contributed by atoms with E-state index in [2.05, 4.69) is 5.32 Å². The summed E-state index contributed by atoms with van der Waals surface area (Å²) >= 11 is 0. The highest BCUT2D eigenvalue weighted by molar-refractivity contribution is 5.83. The predicted molar refractivity (Wildman–Crippen MR) is 89.2 cm³/mol. The molecule has 0 aromatic heterocycles. The van der Waals surface area contributed by atoms with Gasteiger partial charge in [-0.15, -0.1) is 0 Å². The number of hydrogen-bond donors (Lipinski definition) is 3. The van der Waals surface area contributed by atoms with Gasteiger partial charge in [-0.05, 0) is 38.7 Å². The maximum atomic E-state index is 12.6. The van der Waals surface area contributed by atoms with E-state index in [9.17, 15) is 15.0 Å². The fourth-order valence-electron chi connectivity index (χ4n) is 2.50. The van der Waals surface area contributed by atoms with Crippen LogP contribution in [-0.2, 0) is 11.3 Å². The lowest BCUT2D eigenvalue weighted by Gasteiger charge is -2.24. The minimum atomic E-state index is -0.408. The first-order valence-corrected chi connectivity index (χ1v) is 7.40. The van der Waals surface area contributed by atoms with Gasteiger partial charge in [-0.3, -0.25) is 9.69 Å². The third-order valence-electron chi connectivity index (χ3n) is 3.64. The third-order valence-corrected chi connectivity index (χ3v) is 3.64. The summed E-state index contributed by atoms with van der Waals surface area (Å²) in [5, 5.41) is 21.9. The Labute approximate surface area is 136 Å². The van der Waals surface area contributed by atoms with E-state index in [-0.39, 0.29) is 24.0 Å². The number of rotatable bonds is 5. The summed E-state index contributed by atoms with van der Waals surface area (Å²) in [6.07, 6.45) is 0. The molecule has 0 spiro atoms. The monoisotopic (exact) mass is 314 g/mol. The molecule has 122 valence electrons. The van der Waals surface area contributed by atoms with Crippen LogP contribution in [0.25, 0.3) is 0 Å². The second kappa shape index (κ2) is 7.15. The van der Waals surface area contributed by atoms with E-state index >= 15 is 0 Å². The first-order valence-electron chi connectivity index (χ1n) is 7.40. The van der Waals surface area contributed by atoms with Crippen molar-refractivity contribution in [3.05, 3.63) is 59.2 Å². The van der Waals surface area contributed by atoms with Crippen LogP contribution in [0.1, 0.15) is 22.7 Å². The van der Waals surface area contributed by atoms with E-state index in [1.165, 1.54) is 12.1 Å². The second-order valence-corrected chi connectivity index (χ2v) is 5.81. The van der Waals surface area contributed by atoms with Crippen LogP contribution in [0.3, 0.4) is 0 Å². The lowest BCUT2D eigenvalue weighted by molar-refractivity contribution is -0.125. The molecule has 23 heavy (non-hydrogen) atoms. The molecule has 0 heterocycles. The zero-order valence-corrected chi connectivity index (χ0v) is 13.6. The number of aromatic hydroxyl groups is 2. The average Bonchev–Trinajstić information content (AvgIpc) is 2.46. The molecule has 2 rings (SSSR count). The van der Waals surface area contributed by atoms with Gasteiger partial charge < -0.3 is 15.5 Å². The normalized spacial score (nSPS) is 12.2. The zero-order valence-electron chi connectivity index (χ0n) is 13.6. The number of hydrogen-bond acceptors (Lipinski definition) is 4. The van der Waals surface area contributed by atoms with E-state index in [0.717, 1.165) is 11.1 Å². The Bertz CT molecular complexity index is 698. The number of likely N-dealkylation sites (N-methyl/N-ethyl adjacent to an activating group) is 1. The van der Waals surface area contributed by atoms with Gasteiger partial charge in [-0.1, -0.05) is 29.8 Å². The zero-order chi connectivity index (χ0) is 17.0. The van der Waals surface area contributed by atoms with Gasteiger partial charge in [-0.2, -0.15) is 0 Å². The minimum absolute atomic E-state index is 0.0106. The summed E-state index contributed by atoms with van der Waals surface area (Å²) in [4.78, 5) is 14.4. The molecule has 0 aliphatic rings. The molecule has 0 fully saturated rings. The van der Waals surface area contributed by atoms with Crippen molar-refractivity contribution in [1.29, 1.82) is 0 Å². The summed E-state index contributed by atoms with van der Waals surface area (Å²) in [6.45, 7) is 2.18. The van der Waals surface area contributed by atoms with Crippen molar-refractivity contribution in [2.45, 2.75) is 19.5 Å². The van der Waals surface area contributed by atoms with Crippen LogP contribution in [0.2, 0.25) is 0 Å². The van der Waals surface area contributed by atoms with Gasteiger partial charge >= 0.3 is 0 Å². The number of carbonyl (C=O) groups excluding carboxylic acids is 1. The molecule has 1 amide bonds. The highest BCUT2D eigenvalue weighted by Gasteiger charge is 2.22. The predicted octanol–water partition coefficient (Wildman–Crippen LogP) is 2.33. The fraction of sp³-hybridized carbons (Fsp3) is 0.278. The number of amides is 1. The maximum absolute atomic E-state index is 12.6. The van der Waals surface area contributed by atoms with Crippen molar-refractivity contribution in [2.75, 3.05) is 14.1 Å². The lowest BCUT2D eigenvalue weighted by Crippen LogP contribution is -2.36. The van der Waals surface area contributed by atoms with Gasteiger partial charge in [0.25, 0.3) is 0 Å². The summed E-state index contributed by atoms with van der Waals surface area (Å²) in [5.74, 6) is -0.196. The van der Waals surface area contributed by atoms with Gasteiger partial charge in [0.1, 0.15) is 17.5 Å². The topological polar surface area (TPSA) is 72.8 Å². The standard InChI is InChI=1S/C18H22N2O3/c1-12-5-4-6-13(9-12)17(20(2)3)18(23)19-11-14-7-8-15(21)10-16(14)22/h4-10,17,21-22H,11H2,1-3H3,(H,19,23)/t17-/m1/s1. The SMILES string of the molecule is Cc1cccc([C@H](C(=O)NCc2ccc(O)cc2O)N(C)C)c1. The van der Waals surface area contributed by atoms with Crippen molar-refractivity contribution >= 4 is 5.91 Å². The van der Waals surface area contributed by atoms with Crippen LogP contribution in [-0.4, -0.2) is 35.1 Å². The first kappa shape index (κ1) is 16.8. The number of benzene rings is 2. The first-order chi connectivity index (χ1) is 10.9. The number of aryl methyl sites for hydroxylation is 1. The van der Waals surface area contributed by atoms with Crippen LogP contribution in [0, 0.1) is 6.92 Å². The third kappa shape index (κ3) is 4.23. The molecule has 0 saturated carbocycles. The fourth-order valence-corrected chi connectivity index (χ4v) is 2.50. The van der Waals surface area contributed by atoms with E-state index in [1.807, 2.05) is 50.2 Å². The van der Waals surface area contributed by atoms with Gasteiger partial charge in [0.2, 0.25) is 5.91 Å². The van der Waals surface area contributed by atoms with Crippen LogP contribution in [0.4, 0.5) is 0 Å². The summed E-state index contributed by atoms with van der Waals surface area (Å²) in [6, 6.07) is 11.7. The summed E-state index contributed by atoms with van der Waals surface area (Å²) in [5.41, 5.74) is 2.57. The highest BCUT2D eigenvalue weighted by Crippen LogP contribution is 2.23. The molecule has 0 saturated heterocycles. The molecule has 0 bridgehead atoms. The molecule has 5 nitrogen and oxygen atoms in total. The lowest BCUT2D eigenvalue weighted by atomic mass is 10.0. The number of nitrogens with one attached hydrogen (secondary N) is 1. The number of phenols is 2. The van der Waals surface area contributed by atoms with Crippen molar-refractivity contribution < 1.29 is 15.0 Å². The summed E-state index contributed by atoms with van der Waals surface area (Å²) < 4.78 is 0. The van der Waals surface area contributed by atoms with Gasteiger partial charge in [0.05, 0.1) is 0 Å². The second-order valence-electron chi connectivity index (χ2n) is 5.81. The molecule has 2 aromatic carbocycles. The Morgan fingerprint density at radius 3 is 2.52 bits per heavy atom. The molecular formula is C18H22N2O3. The molecular weight excluding hydrogens is 292 g/mol. The molecule has 0 radical (unpaired) electrons. The van der Waals surface area contributed by atoms with Crippen molar-refractivity contribution in [2.24, 2.45) is 0 Å². The molecule has 5 heteroatoms. The van der Waals surface area contributed by atoms with Crippen LogP contribution in [0.15, 0.2) is 42.5 Å². The molecule has 2 aromatic rings. The van der Waals surface area contributed by atoms with Crippen molar-refractivity contribution in [3.8, 4) is 11.5 Å². The van der Waals surface area contributed by atoms with Crippen molar-refractivity contribution in [1.82, 2.24) is 10.2 Å². The Kier molecular flexibility index (Phi) is 5.24. The maximum Gasteiger partial charge on any atom is 0.242 e. The van der Waals surface area contributed by atoms with Gasteiger partial charge in [-0.25, -0.2) is 0 Å². The van der Waals surface area contributed by atoms with E-state index in [0.29, 0.717) is 5.56 Å². The van der Waals surface area contributed by atoms with Crippen LogP contribution >= 0.6 is 0 Å². The molecule has 0 aliphatic heterocycles. The van der Waals surface area contributed by atoms with Crippen LogP contribution in [0.5, 0.6) is 11.5 Å². The Morgan fingerprint density at radius 1 is 1.17 bits per heavy atom. The van der Waals surface area contributed by atoms with Crippen molar-refractivity contribution in [3.63, 3.8) is 0 Å². The largest absolute Gasteiger partial charge is 0.508 e. The number of phenolic OH excluding ortho intramolecular Hbond substituents is 2. The average molecular weight is 314 g/mol. The molecule has 0 aliphatic carbocycles. The number of carbonyl (C=O) groups is 1. The molecule has 1 atom stereocenters. The Morgan fingerprint density at radius 2 is 1.91 bits per heavy atom. The number of nitrogens with zero attached hydrogens (tertiary/aromatic N) is 1. The molecule has 3 N–H and O–H groups in total. The van der Waals surface area contributed by atoms with Gasteiger partial charge in [0, 0.05) is 18.2 Å². The summed E-state index contributed by atoms with van der Waals surface area (Å²) in [7, 11) is 3.70. The molecule has 0 unspecified atom stereocenters. The van der Waals surface area contributed by atoms with Gasteiger partial charge in [0.15, 0.2) is 0 Å². The highest BCUT2D eigenvalue weighted by atomic mass is 16.3. The van der Waals surface area contributed by atoms with E-state index in [4.69, 9.17) is 0 Å². The smallest absolute Gasteiger partial charge is 0.242 e.